The number of nitrogen functional groups attached to an aromatic ring is 1. The Hall–Kier alpha value is -2.57. The summed E-state index contributed by atoms with van der Waals surface area (Å²) < 4.78 is 1.64. The van der Waals surface area contributed by atoms with Gasteiger partial charge in [0.25, 0.3) is 5.91 Å². The van der Waals surface area contributed by atoms with Gasteiger partial charge in [-0.15, -0.1) is 0 Å². The molecule has 21 heavy (non-hydrogen) atoms. The van der Waals surface area contributed by atoms with E-state index < -0.39 is 0 Å². The number of nitrogens with one attached hydrogen (secondary N) is 1. The van der Waals surface area contributed by atoms with Crippen molar-refractivity contribution < 1.29 is 4.79 Å². The van der Waals surface area contributed by atoms with Crippen LogP contribution in [0.15, 0.2) is 24.5 Å². The maximum atomic E-state index is 12.0. The molecule has 0 spiro atoms. The molecular formula is C14H20N6O. The Kier molecular flexibility index (Phi) is 4.42. The van der Waals surface area contributed by atoms with Crippen molar-refractivity contribution >= 4 is 17.3 Å². The van der Waals surface area contributed by atoms with Crippen LogP contribution in [0.1, 0.15) is 16.2 Å². The number of hydrogen-bond donors (Lipinski definition) is 2. The van der Waals surface area contributed by atoms with E-state index in [1.807, 2.05) is 32.1 Å². The Morgan fingerprint density at radius 2 is 2.19 bits per heavy atom. The highest BCUT2D eigenvalue weighted by atomic mass is 16.1. The number of carbonyl (C=O) groups is 1. The van der Waals surface area contributed by atoms with Crippen LogP contribution in [-0.4, -0.2) is 41.3 Å². The number of rotatable bonds is 5. The van der Waals surface area contributed by atoms with Crippen LogP contribution in [0.5, 0.6) is 0 Å². The Bertz CT molecular complexity index is 634. The van der Waals surface area contributed by atoms with E-state index in [-0.39, 0.29) is 5.91 Å². The molecule has 0 aliphatic rings. The molecular weight excluding hydrogens is 268 g/mol. The quantitative estimate of drug-likeness (QED) is 0.779. The number of carbonyl (C=O) groups excluding carboxylic acids is 1. The molecule has 1 heterocycles. The smallest absolute Gasteiger partial charge is 0.251 e. The van der Waals surface area contributed by atoms with Crippen LogP contribution in [0.3, 0.4) is 0 Å². The lowest BCUT2D eigenvalue weighted by Crippen LogP contribution is -2.26. The number of aryl methyl sites for hydroxylation is 1. The van der Waals surface area contributed by atoms with Gasteiger partial charge in [0.15, 0.2) is 5.82 Å². The third kappa shape index (κ3) is 3.71. The first-order valence-electron chi connectivity index (χ1n) is 6.67. The minimum atomic E-state index is -0.150. The van der Waals surface area contributed by atoms with Crippen molar-refractivity contribution in [2.75, 3.05) is 31.3 Å². The maximum absolute atomic E-state index is 12.0. The van der Waals surface area contributed by atoms with Gasteiger partial charge in [-0.2, -0.15) is 5.10 Å². The van der Waals surface area contributed by atoms with Gasteiger partial charge in [-0.25, -0.2) is 4.98 Å². The summed E-state index contributed by atoms with van der Waals surface area (Å²) >= 11 is 0. The van der Waals surface area contributed by atoms with E-state index in [4.69, 9.17) is 5.73 Å². The first kappa shape index (κ1) is 14.8. The van der Waals surface area contributed by atoms with Crippen molar-refractivity contribution in [3.05, 3.63) is 35.9 Å². The monoisotopic (exact) mass is 288 g/mol. The van der Waals surface area contributed by atoms with Gasteiger partial charge in [0.1, 0.15) is 6.33 Å². The highest BCUT2D eigenvalue weighted by Gasteiger charge is 2.09. The lowest BCUT2D eigenvalue weighted by molar-refractivity contribution is 0.0954. The van der Waals surface area contributed by atoms with Crippen molar-refractivity contribution in [2.45, 2.75) is 6.42 Å². The van der Waals surface area contributed by atoms with Gasteiger partial charge in [-0.05, 0) is 18.2 Å². The largest absolute Gasteiger partial charge is 0.397 e. The fourth-order valence-corrected chi connectivity index (χ4v) is 1.99. The van der Waals surface area contributed by atoms with E-state index in [2.05, 4.69) is 15.4 Å². The fraction of sp³-hybridized carbons (Fsp3) is 0.357. The lowest BCUT2D eigenvalue weighted by atomic mass is 10.1. The minimum absolute atomic E-state index is 0.150. The number of nitrogens with zero attached hydrogens (tertiary/aromatic N) is 4. The fourth-order valence-electron chi connectivity index (χ4n) is 1.99. The van der Waals surface area contributed by atoms with Crippen LogP contribution in [0.25, 0.3) is 0 Å². The molecule has 0 atom stereocenters. The number of anilines is 2. The predicted octanol–water partition coefficient (Wildman–Crippen LogP) is 0.436. The second-order valence-electron chi connectivity index (χ2n) is 5.01. The normalized spacial score (nSPS) is 10.4. The summed E-state index contributed by atoms with van der Waals surface area (Å²) in [5.74, 6) is 0.559. The Labute approximate surface area is 123 Å². The summed E-state index contributed by atoms with van der Waals surface area (Å²) in [5, 5.41) is 6.99. The van der Waals surface area contributed by atoms with Crippen LogP contribution >= 0.6 is 0 Å². The first-order valence-corrected chi connectivity index (χ1v) is 6.67. The van der Waals surface area contributed by atoms with E-state index in [1.54, 1.807) is 23.1 Å². The third-order valence-electron chi connectivity index (χ3n) is 3.05. The van der Waals surface area contributed by atoms with E-state index in [9.17, 15) is 4.79 Å². The van der Waals surface area contributed by atoms with Crippen LogP contribution in [-0.2, 0) is 13.5 Å². The van der Waals surface area contributed by atoms with Gasteiger partial charge in [0.2, 0.25) is 0 Å². The van der Waals surface area contributed by atoms with E-state index >= 15 is 0 Å². The van der Waals surface area contributed by atoms with Crippen molar-refractivity contribution in [3.63, 3.8) is 0 Å². The summed E-state index contributed by atoms with van der Waals surface area (Å²) in [6.07, 6.45) is 2.23. The van der Waals surface area contributed by atoms with Crippen LogP contribution in [0.2, 0.25) is 0 Å². The molecule has 1 aromatic heterocycles. The number of aromatic nitrogens is 3. The van der Waals surface area contributed by atoms with E-state index in [0.717, 1.165) is 5.69 Å². The number of benzene rings is 1. The first-order chi connectivity index (χ1) is 9.97. The van der Waals surface area contributed by atoms with Crippen molar-refractivity contribution in [2.24, 2.45) is 7.05 Å². The standard InChI is InChI=1S/C14H20N6O/c1-19(2)12-5-4-10(8-11(12)15)14(21)16-7-6-13-17-9-20(3)18-13/h4-5,8-9H,6-7,15H2,1-3H3,(H,16,21). The lowest BCUT2D eigenvalue weighted by Gasteiger charge is -2.15. The molecule has 0 radical (unpaired) electrons. The predicted molar refractivity (Wildman–Crippen MR) is 82.2 cm³/mol. The number of nitrogens with two attached hydrogens (primary N) is 1. The molecule has 0 aliphatic carbocycles. The van der Waals surface area contributed by atoms with Gasteiger partial charge in [-0.1, -0.05) is 0 Å². The molecule has 1 amide bonds. The summed E-state index contributed by atoms with van der Waals surface area (Å²) in [7, 11) is 5.63. The molecule has 0 unspecified atom stereocenters. The Balaban J connectivity index is 1.92. The van der Waals surface area contributed by atoms with Gasteiger partial charge < -0.3 is 16.0 Å². The van der Waals surface area contributed by atoms with Crippen molar-refractivity contribution in [3.8, 4) is 0 Å². The Morgan fingerprint density at radius 3 is 2.76 bits per heavy atom. The highest BCUT2D eigenvalue weighted by molar-refractivity contribution is 5.96. The second-order valence-corrected chi connectivity index (χ2v) is 5.01. The molecule has 0 bridgehead atoms. The summed E-state index contributed by atoms with van der Waals surface area (Å²) in [4.78, 5) is 18.1. The minimum Gasteiger partial charge on any atom is -0.397 e. The summed E-state index contributed by atoms with van der Waals surface area (Å²) in [6, 6.07) is 5.29. The van der Waals surface area contributed by atoms with Crippen LogP contribution in [0.4, 0.5) is 11.4 Å². The van der Waals surface area contributed by atoms with Gasteiger partial charge in [0.05, 0.1) is 11.4 Å². The molecule has 1 aromatic carbocycles. The molecule has 0 fully saturated rings. The molecule has 3 N–H and O–H groups in total. The zero-order valence-corrected chi connectivity index (χ0v) is 12.5. The molecule has 7 nitrogen and oxygen atoms in total. The molecule has 2 rings (SSSR count). The average molecular weight is 288 g/mol. The van der Waals surface area contributed by atoms with Crippen LogP contribution < -0.4 is 16.0 Å². The molecule has 112 valence electrons. The maximum Gasteiger partial charge on any atom is 0.251 e. The highest BCUT2D eigenvalue weighted by Crippen LogP contribution is 2.22. The zero-order chi connectivity index (χ0) is 15.4. The molecule has 0 saturated carbocycles. The average Bonchev–Trinajstić information content (AvgIpc) is 2.83. The number of amides is 1. The number of hydrogen-bond acceptors (Lipinski definition) is 5. The van der Waals surface area contributed by atoms with E-state index in [1.165, 1.54) is 0 Å². The van der Waals surface area contributed by atoms with Gasteiger partial charge >= 0.3 is 0 Å². The van der Waals surface area contributed by atoms with E-state index in [0.29, 0.717) is 30.0 Å². The molecule has 0 aliphatic heterocycles. The topological polar surface area (TPSA) is 89.1 Å². The SMILES string of the molecule is CN(C)c1ccc(C(=O)NCCc2ncn(C)n2)cc1N. The summed E-state index contributed by atoms with van der Waals surface area (Å²) in [6.45, 7) is 0.484. The van der Waals surface area contributed by atoms with Gasteiger partial charge in [-0.3, -0.25) is 9.48 Å². The molecule has 0 saturated heterocycles. The molecule has 2 aromatic rings. The van der Waals surface area contributed by atoms with Crippen molar-refractivity contribution in [1.29, 1.82) is 0 Å². The third-order valence-corrected chi connectivity index (χ3v) is 3.05. The van der Waals surface area contributed by atoms with Crippen LogP contribution in [0, 0.1) is 0 Å². The van der Waals surface area contributed by atoms with Gasteiger partial charge in [0, 0.05) is 39.7 Å². The van der Waals surface area contributed by atoms with Crippen molar-refractivity contribution in [1.82, 2.24) is 20.1 Å². The Morgan fingerprint density at radius 1 is 1.43 bits per heavy atom. The molecule has 7 heteroatoms. The second kappa shape index (κ2) is 6.25. The summed E-state index contributed by atoms with van der Waals surface area (Å²) in [5.41, 5.74) is 7.96. The zero-order valence-electron chi connectivity index (χ0n) is 12.5.